The third-order valence-electron chi connectivity index (χ3n) is 4.93. The summed E-state index contributed by atoms with van der Waals surface area (Å²) >= 11 is 0. The average Bonchev–Trinajstić information content (AvgIpc) is 2.96. The number of rotatable bonds is 6. The van der Waals surface area contributed by atoms with Crippen LogP contribution in [0.4, 0.5) is 0 Å². The molecule has 2 fully saturated rings. The Morgan fingerprint density at radius 3 is 2.52 bits per heavy atom. The lowest BCUT2D eigenvalue weighted by molar-refractivity contribution is 0.0923. The highest BCUT2D eigenvalue weighted by Crippen LogP contribution is 2.32. The van der Waals surface area contributed by atoms with Crippen molar-refractivity contribution in [2.45, 2.75) is 45.2 Å². The summed E-state index contributed by atoms with van der Waals surface area (Å²) in [6, 6.07) is 10.6. The first kappa shape index (κ1) is 14.8. The van der Waals surface area contributed by atoms with E-state index in [1.165, 1.54) is 56.3 Å². The Bertz CT molecular complexity index is 456. The first-order chi connectivity index (χ1) is 10.3. The highest BCUT2D eigenvalue weighted by atomic mass is 15.3. The van der Waals surface area contributed by atoms with Gasteiger partial charge in [-0.15, -0.1) is 0 Å². The minimum absolute atomic E-state index is 0.611. The normalized spacial score (nSPS) is 22.2. The second-order valence-electron chi connectivity index (χ2n) is 6.66. The van der Waals surface area contributed by atoms with Crippen molar-refractivity contribution < 1.29 is 0 Å². The maximum absolute atomic E-state index is 3.84. The van der Waals surface area contributed by atoms with Gasteiger partial charge in [-0.3, -0.25) is 10.2 Å². The minimum Gasteiger partial charge on any atom is -0.298 e. The SMILES string of the molecule is CC(=Cc1ccccc1)CN[C@H](C1CCC1)N1CCCC1. The summed E-state index contributed by atoms with van der Waals surface area (Å²) in [6.45, 7) is 5.82. The number of hydrogen-bond acceptors (Lipinski definition) is 2. The van der Waals surface area contributed by atoms with Crippen LogP contribution in [0.5, 0.6) is 0 Å². The number of likely N-dealkylation sites (tertiary alicyclic amines) is 1. The van der Waals surface area contributed by atoms with Crippen LogP contribution in [0.3, 0.4) is 0 Å². The number of nitrogens with zero attached hydrogens (tertiary/aromatic N) is 1. The van der Waals surface area contributed by atoms with E-state index in [-0.39, 0.29) is 0 Å². The van der Waals surface area contributed by atoms with Crippen molar-refractivity contribution in [3.05, 3.63) is 41.5 Å². The van der Waals surface area contributed by atoms with Gasteiger partial charge in [-0.25, -0.2) is 0 Å². The molecule has 2 nitrogen and oxygen atoms in total. The molecular weight excluding hydrogens is 256 g/mol. The molecule has 1 saturated carbocycles. The lowest BCUT2D eigenvalue weighted by atomic mass is 9.82. The summed E-state index contributed by atoms with van der Waals surface area (Å²) in [5.74, 6) is 0.882. The molecule has 1 N–H and O–H groups in total. The van der Waals surface area contributed by atoms with Gasteiger partial charge in [0, 0.05) is 6.54 Å². The van der Waals surface area contributed by atoms with E-state index in [4.69, 9.17) is 0 Å². The molecule has 1 aliphatic heterocycles. The third kappa shape index (κ3) is 3.96. The van der Waals surface area contributed by atoms with Gasteiger partial charge in [0.15, 0.2) is 0 Å². The van der Waals surface area contributed by atoms with Crippen LogP contribution in [-0.2, 0) is 0 Å². The van der Waals surface area contributed by atoms with Crippen LogP contribution in [0.2, 0.25) is 0 Å². The molecule has 0 aromatic heterocycles. The van der Waals surface area contributed by atoms with Crippen molar-refractivity contribution in [3.63, 3.8) is 0 Å². The third-order valence-corrected chi connectivity index (χ3v) is 4.93. The molecule has 1 aliphatic carbocycles. The lowest BCUT2D eigenvalue weighted by Gasteiger charge is -2.40. The Labute approximate surface area is 129 Å². The zero-order valence-corrected chi connectivity index (χ0v) is 13.2. The zero-order chi connectivity index (χ0) is 14.5. The molecule has 21 heavy (non-hydrogen) atoms. The molecule has 1 aromatic rings. The van der Waals surface area contributed by atoms with Gasteiger partial charge in [0.2, 0.25) is 0 Å². The van der Waals surface area contributed by atoms with Gasteiger partial charge in [-0.2, -0.15) is 0 Å². The largest absolute Gasteiger partial charge is 0.298 e. The predicted octanol–water partition coefficient (Wildman–Crippen LogP) is 3.90. The van der Waals surface area contributed by atoms with Crippen molar-refractivity contribution in [3.8, 4) is 0 Å². The van der Waals surface area contributed by atoms with E-state index in [0.717, 1.165) is 12.5 Å². The average molecular weight is 284 g/mol. The first-order valence-electron chi connectivity index (χ1n) is 8.52. The summed E-state index contributed by atoms with van der Waals surface area (Å²) in [7, 11) is 0. The van der Waals surface area contributed by atoms with Crippen molar-refractivity contribution in [1.29, 1.82) is 0 Å². The number of nitrogens with one attached hydrogen (secondary N) is 1. The topological polar surface area (TPSA) is 15.3 Å². The zero-order valence-electron chi connectivity index (χ0n) is 13.2. The highest BCUT2D eigenvalue weighted by Gasteiger charge is 2.32. The van der Waals surface area contributed by atoms with E-state index in [9.17, 15) is 0 Å². The lowest BCUT2D eigenvalue weighted by Crippen LogP contribution is -2.51. The highest BCUT2D eigenvalue weighted by molar-refractivity contribution is 5.52. The molecule has 1 saturated heterocycles. The molecule has 114 valence electrons. The molecule has 2 heteroatoms. The van der Waals surface area contributed by atoms with Crippen LogP contribution in [0.1, 0.15) is 44.6 Å². The Morgan fingerprint density at radius 2 is 1.90 bits per heavy atom. The van der Waals surface area contributed by atoms with Gasteiger partial charge in [-0.05, 0) is 57.2 Å². The second kappa shape index (κ2) is 7.24. The number of benzene rings is 1. The fourth-order valence-corrected chi connectivity index (χ4v) is 3.52. The molecule has 0 amide bonds. The van der Waals surface area contributed by atoms with Gasteiger partial charge in [0.25, 0.3) is 0 Å². The fraction of sp³-hybridized carbons (Fsp3) is 0.579. The van der Waals surface area contributed by atoms with E-state index in [1.54, 1.807) is 0 Å². The van der Waals surface area contributed by atoms with Crippen LogP contribution < -0.4 is 5.32 Å². The summed E-state index contributed by atoms with van der Waals surface area (Å²) in [4.78, 5) is 2.68. The molecule has 1 aromatic carbocycles. The van der Waals surface area contributed by atoms with Crippen LogP contribution >= 0.6 is 0 Å². The predicted molar refractivity (Wildman–Crippen MR) is 90.0 cm³/mol. The fourth-order valence-electron chi connectivity index (χ4n) is 3.52. The van der Waals surface area contributed by atoms with Crippen LogP contribution in [0, 0.1) is 5.92 Å². The van der Waals surface area contributed by atoms with Crippen LogP contribution in [0.15, 0.2) is 35.9 Å². The Hall–Kier alpha value is -1.12. The molecule has 3 rings (SSSR count). The maximum atomic E-state index is 3.84. The summed E-state index contributed by atoms with van der Waals surface area (Å²) < 4.78 is 0. The van der Waals surface area contributed by atoms with Crippen molar-refractivity contribution >= 4 is 6.08 Å². The standard InChI is InChI=1S/C19H28N2/c1-16(14-17-8-3-2-4-9-17)15-20-19(18-10-7-11-18)21-12-5-6-13-21/h2-4,8-9,14,18-20H,5-7,10-13,15H2,1H3/t19-/m0/s1. The molecular formula is C19H28N2. The Balaban J connectivity index is 1.57. The molecule has 1 heterocycles. The van der Waals surface area contributed by atoms with Gasteiger partial charge in [-0.1, -0.05) is 48.4 Å². The molecule has 0 bridgehead atoms. The quantitative estimate of drug-likeness (QED) is 0.852. The van der Waals surface area contributed by atoms with Gasteiger partial charge >= 0.3 is 0 Å². The monoisotopic (exact) mass is 284 g/mol. The molecule has 1 atom stereocenters. The van der Waals surface area contributed by atoms with Crippen molar-refractivity contribution in [2.24, 2.45) is 5.92 Å². The number of hydrogen-bond donors (Lipinski definition) is 1. The van der Waals surface area contributed by atoms with Crippen molar-refractivity contribution in [2.75, 3.05) is 19.6 Å². The summed E-state index contributed by atoms with van der Waals surface area (Å²) in [5, 5.41) is 3.84. The maximum Gasteiger partial charge on any atom is 0.0628 e. The van der Waals surface area contributed by atoms with Gasteiger partial charge < -0.3 is 0 Å². The second-order valence-corrected chi connectivity index (χ2v) is 6.66. The van der Waals surface area contributed by atoms with E-state index < -0.39 is 0 Å². The van der Waals surface area contributed by atoms with Gasteiger partial charge in [0.05, 0.1) is 6.17 Å². The summed E-state index contributed by atoms with van der Waals surface area (Å²) in [6.07, 6.45) is 9.92. The first-order valence-corrected chi connectivity index (χ1v) is 8.52. The van der Waals surface area contributed by atoms with Crippen LogP contribution in [-0.4, -0.2) is 30.7 Å². The molecule has 0 spiro atoms. The minimum atomic E-state index is 0.611. The van der Waals surface area contributed by atoms with E-state index in [0.29, 0.717) is 6.17 Å². The summed E-state index contributed by atoms with van der Waals surface area (Å²) in [5.41, 5.74) is 2.72. The van der Waals surface area contributed by atoms with E-state index in [1.807, 2.05) is 0 Å². The smallest absolute Gasteiger partial charge is 0.0628 e. The van der Waals surface area contributed by atoms with E-state index >= 15 is 0 Å². The Morgan fingerprint density at radius 1 is 1.19 bits per heavy atom. The van der Waals surface area contributed by atoms with Crippen LogP contribution in [0.25, 0.3) is 6.08 Å². The van der Waals surface area contributed by atoms with Crippen molar-refractivity contribution in [1.82, 2.24) is 10.2 Å². The molecule has 0 radical (unpaired) electrons. The van der Waals surface area contributed by atoms with E-state index in [2.05, 4.69) is 53.5 Å². The molecule has 2 aliphatic rings. The molecule has 0 unspecified atom stereocenters. The Kier molecular flexibility index (Phi) is 5.10. The van der Waals surface area contributed by atoms with Gasteiger partial charge in [0.1, 0.15) is 0 Å².